The van der Waals surface area contributed by atoms with E-state index in [-0.39, 0.29) is 24.3 Å². The van der Waals surface area contributed by atoms with E-state index in [2.05, 4.69) is 21.2 Å². The maximum absolute atomic E-state index is 13.2. The van der Waals surface area contributed by atoms with Crippen molar-refractivity contribution in [2.24, 2.45) is 0 Å². The van der Waals surface area contributed by atoms with Crippen LogP contribution in [0.25, 0.3) is 0 Å². The highest BCUT2D eigenvalue weighted by Gasteiger charge is 2.26. The first-order valence-corrected chi connectivity index (χ1v) is 13.0. The minimum absolute atomic E-state index is 0.0512. The monoisotopic (exact) mass is 603 g/mol. The Morgan fingerprint density at radius 1 is 1.03 bits per heavy atom. The van der Waals surface area contributed by atoms with E-state index in [0.717, 1.165) is 21.3 Å². The van der Waals surface area contributed by atoms with Gasteiger partial charge in [-0.3, -0.25) is 14.4 Å². The molecule has 10 heteroatoms. The molecule has 7 nitrogen and oxygen atoms in total. The quantitative estimate of drug-likeness (QED) is 0.367. The van der Waals surface area contributed by atoms with Gasteiger partial charge in [0, 0.05) is 48.9 Å². The van der Waals surface area contributed by atoms with Crippen molar-refractivity contribution in [1.82, 2.24) is 10.2 Å². The zero-order valence-corrected chi connectivity index (χ0v) is 23.3. The summed E-state index contributed by atoms with van der Waals surface area (Å²) in [5.74, 6) is 0.611. The first-order chi connectivity index (χ1) is 17.6. The third kappa shape index (κ3) is 6.44. The zero-order chi connectivity index (χ0) is 26.7. The van der Waals surface area contributed by atoms with E-state index >= 15 is 0 Å². The number of nitrogens with one attached hydrogen (secondary N) is 1. The number of benzene rings is 3. The Balaban J connectivity index is 1.41. The molecule has 1 N–H and O–H groups in total. The van der Waals surface area contributed by atoms with Gasteiger partial charge in [-0.1, -0.05) is 45.2 Å². The second-order valence-electron chi connectivity index (χ2n) is 8.64. The molecule has 0 saturated heterocycles. The standard InChI is InChI=1S/C27H24BrCl2N3O4/c1-16(34)31-14-26(35)33-10-9-17-11-18(4-8-25(17)33)27(36)32(2)15-19-3-5-20(12-22(19)28)37-21-6-7-23(29)24(30)13-21/h3-8,11-13H,9-10,14-15H2,1-2H3,(H,31,34). The molecule has 0 saturated carbocycles. The highest BCUT2D eigenvalue weighted by Crippen LogP contribution is 2.32. The lowest BCUT2D eigenvalue weighted by molar-refractivity contribution is -0.123. The van der Waals surface area contributed by atoms with Crippen LogP contribution >= 0.6 is 39.1 Å². The molecule has 3 amide bonds. The van der Waals surface area contributed by atoms with Gasteiger partial charge in [0.15, 0.2) is 0 Å². The minimum Gasteiger partial charge on any atom is -0.457 e. The van der Waals surface area contributed by atoms with E-state index in [1.54, 1.807) is 47.2 Å². The summed E-state index contributed by atoms with van der Waals surface area (Å²) >= 11 is 15.6. The highest BCUT2D eigenvalue weighted by atomic mass is 79.9. The number of fused-ring (bicyclic) bond motifs is 1. The summed E-state index contributed by atoms with van der Waals surface area (Å²) in [5.41, 5.74) is 3.16. The number of hydrogen-bond acceptors (Lipinski definition) is 4. The SMILES string of the molecule is CC(=O)NCC(=O)N1CCc2cc(C(=O)N(C)Cc3ccc(Oc4ccc(Cl)c(Cl)c4)cc3Br)ccc21. The van der Waals surface area contributed by atoms with Crippen LogP contribution in [0.2, 0.25) is 10.0 Å². The van der Waals surface area contributed by atoms with Gasteiger partial charge in [0.1, 0.15) is 11.5 Å². The molecule has 192 valence electrons. The fourth-order valence-electron chi connectivity index (χ4n) is 4.03. The third-order valence-electron chi connectivity index (χ3n) is 5.92. The van der Waals surface area contributed by atoms with Crippen molar-refractivity contribution in [2.75, 3.05) is 25.0 Å². The first-order valence-electron chi connectivity index (χ1n) is 11.5. The maximum atomic E-state index is 13.2. The number of ether oxygens (including phenoxy) is 1. The number of nitrogens with zero attached hydrogens (tertiary/aromatic N) is 2. The van der Waals surface area contributed by atoms with Gasteiger partial charge in [0.05, 0.1) is 16.6 Å². The van der Waals surface area contributed by atoms with Gasteiger partial charge in [0.25, 0.3) is 5.91 Å². The first kappa shape index (κ1) is 27.0. The number of rotatable bonds is 7. The van der Waals surface area contributed by atoms with Crippen LogP contribution in [0.5, 0.6) is 11.5 Å². The Labute approximate surface area is 233 Å². The molecule has 0 bridgehead atoms. The minimum atomic E-state index is -0.253. The van der Waals surface area contributed by atoms with E-state index in [4.69, 9.17) is 27.9 Å². The smallest absolute Gasteiger partial charge is 0.253 e. The molecule has 3 aromatic rings. The predicted octanol–water partition coefficient (Wildman–Crippen LogP) is 5.85. The summed E-state index contributed by atoms with van der Waals surface area (Å²) in [6, 6.07) is 15.9. The Kier molecular flexibility index (Phi) is 8.42. The molecular formula is C27H24BrCl2N3O4. The van der Waals surface area contributed by atoms with E-state index < -0.39 is 0 Å². The Bertz CT molecular complexity index is 1380. The van der Waals surface area contributed by atoms with Gasteiger partial charge >= 0.3 is 0 Å². The number of carbonyl (C=O) groups is 3. The van der Waals surface area contributed by atoms with Crippen LogP contribution in [0.4, 0.5) is 5.69 Å². The van der Waals surface area contributed by atoms with Crippen molar-refractivity contribution in [1.29, 1.82) is 0 Å². The summed E-state index contributed by atoms with van der Waals surface area (Å²) in [7, 11) is 1.74. The molecule has 0 aromatic heterocycles. The van der Waals surface area contributed by atoms with Crippen LogP contribution in [-0.4, -0.2) is 42.8 Å². The van der Waals surface area contributed by atoms with Crippen molar-refractivity contribution >= 4 is 62.5 Å². The van der Waals surface area contributed by atoms with E-state index in [9.17, 15) is 14.4 Å². The average molecular weight is 605 g/mol. The topological polar surface area (TPSA) is 79.0 Å². The normalized spacial score (nSPS) is 12.2. The molecule has 37 heavy (non-hydrogen) atoms. The maximum Gasteiger partial charge on any atom is 0.253 e. The molecule has 0 unspecified atom stereocenters. The molecule has 3 aromatic carbocycles. The van der Waals surface area contributed by atoms with Crippen molar-refractivity contribution in [2.45, 2.75) is 19.9 Å². The average Bonchev–Trinajstić information content (AvgIpc) is 3.29. The lowest BCUT2D eigenvalue weighted by atomic mass is 10.1. The second-order valence-corrected chi connectivity index (χ2v) is 10.3. The van der Waals surface area contributed by atoms with Gasteiger partial charge in [-0.2, -0.15) is 0 Å². The van der Waals surface area contributed by atoms with Gasteiger partial charge < -0.3 is 19.9 Å². The Hall–Kier alpha value is -3.07. The third-order valence-corrected chi connectivity index (χ3v) is 7.39. The summed E-state index contributed by atoms with van der Waals surface area (Å²) in [6.45, 7) is 2.22. The summed E-state index contributed by atoms with van der Waals surface area (Å²) < 4.78 is 6.66. The molecule has 0 radical (unpaired) electrons. The number of anilines is 1. The van der Waals surface area contributed by atoms with Crippen LogP contribution in [-0.2, 0) is 22.6 Å². The number of carbonyl (C=O) groups excluding carboxylic acids is 3. The molecule has 0 fully saturated rings. The molecule has 0 spiro atoms. The number of hydrogen-bond donors (Lipinski definition) is 1. The molecule has 4 rings (SSSR count). The summed E-state index contributed by atoms with van der Waals surface area (Å²) in [5, 5.41) is 3.39. The molecular weight excluding hydrogens is 581 g/mol. The highest BCUT2D eigenvalue weighted by molar-refractivity contribution is 9.10. The second kappa shape index (κ2) is 11.5. The van der Waals surface area contributed by atoms with E-state index in [1.807, 2.05) is 24.3 Å². The van der Waals surface area contributed by atoms with Crippen LogP contribution in [0.15, 0.2) is 59.1 Å². The number of amides is 3. The molecule has 1 aliphatic rings. The lowest BCUT2D eigenvalue weighted by Crippen LogP contribution is -2.38. The largest absolute Gasteiger partial charge is 0.457 e. The fraction of sp³-hybridized carbons (Fsp3) is 0.222. The van der Waals surface area contributed by atoms with Crippen molar-refractivity contribution in [3.63, 3.8) is 0 Å². The van der Waals surface area contributed by atoms with Crippen LogP contribution in [0.3, 0.4) is 0 Å². The van der Waals surface area contributed by atoms with E-state index in [0.29, 0.717) is 46.6 Å². The van der Waals surface area contributed by atoms with E-state index in [1.165, 1.54) is 6.92 Å². The van der Waals surface area contributed by atoms with Crippen LogP contribution in [0, 0.1) is 0 Å². The number of halogens is 3. The lowest BCUT2D eigenvalue weighted by Gasteiger charge is -2.20. The Morgan fingerprint density at radius 3 is 2.46 bits per heavy atom. The van der Waals surface area contributed by atoms with Gasteiger partial charge in [0.2, 0.25) is 11.8 Å². The van der Waals surface area contributed by atoms with Gasteiger partial charge in [-0.25, -0.2) is 0 Å². The molecule has 1 aliphatic heterocycles. The van der Waals surface area contributed by atoms with Crippen molar-refractivity contribution in [3.8, 4) is 11.5 Å². The van der Waals surface area contributed by atoms with Gasteiger partial charge in [-0.05, 0) is 60.0 Å². The van der Waals surface area contributed by atoms with Crippen molar-refractivity contribution in [3.05, 3.63) is 85.8 Å². The van der Waals surface area contributed by atoms with Gasteiger partial charge in [-0.15, -0.1) is 0 Å². The summed E-state index contributed by atoms with van der Waals surface area (Å²) in [6.07, 6.45) is 0.651. The van der Waals surface area contributed by atoms with Crippen LogP contribution < -0.4 is 15.0 Å². The fourth-order valence-corrected chi connectivity index (χ4v) is 4.80. The predicted molar refractivity (Wildman–Crippen MR) is 148 cm³/mol. The Morgan fingerprint density at radius 2 is 1.76 bits per heavy atom. The molecule has 0 atom stereocenters. The van der Waals surface area contributed by atoms with Crippen molar-refractivity contribution < 1.29 is 19.1 Å². The molecule has 1 heterocycles. The van der Waals surface area contributed by atoms with Crippen LogP contribution in [0.1, 0.15) is 28.4 Å². The molecule has 0 aliphatic carbocycles. The summed E-state index contributed by atoms with van der Waals surface area (Å²) in [4.78, 5) is 40.0. The zero-order valence-electron chi connectivity index (χ0n) is 20.2.